The number of phenolic OH excluding ortho intramolecular Hbond substituents is 1. The van der Waals surface area contributed by atoms with Crippen LogP contribution in [0.3, 0.4) is 0 Å². The highest BCUT2D eigenvalue weighted by Crippen LogP contribution is 2.40. The van der Waals surface area contributed by atoms with E-state index in [1.165, 1.54) is 18.2 Å². The quantitative estimate of drug-likeness (QED) is 0.344. The van der Waals surface area contributed by atoms with E-state index in [2.05, 4.69) is 10.2 Å². The minimum Gasteiger partial charge on any atom is -0.507 e. The molecule has 1 heterocycles. The van der Waals surface area contributed by atoms with Crippen LogP contribution in [0.15, 0.2) is 60.7 Å². The molecule has 8 heteroatoms. The Balaban J connectivity index is 1.54. The zero-order valence-corrected chi connectivity index (χ0v) is 18.1. The molecule has 4 aromatic rings. The summed E-state index contributed by atoms with van der Waals surface area (Å²) in [5, 5.41) is 18.1. The second-order valence-electron chi connectivity index (χ2n) is 7.01. The first kappa shape index (κ1) is 21.5. The van der Waals surface area contributed by atoms with Crippen LogP contribution in [0.1, 0.15) is 11.3 Å². The van der Waals surface area contributed by atoms with E-state index in [0.29, 0.717) is 39.8 Å². The van der Waals surface area contributed by atoms with Gasteiger partial charge in [-0.05, 0) is 55.5 Å². The minimum absolute atomic E-state index is 0.0289. The molecule has 4 rings (SSSR count). The van der Waals surface area contributed by atoms with Crippen LogP contribution in [0, 0.1) is 12.7 Å². The molecule has 0 saturated heterocycles. The fourth-order valence-corrected chi connectivity index (χ4v) is 3.31. The Hall–Kier alpha value is -3.71. The smallest absolute Gasteiger partial charge is 0.176 e. The Labute approximate surface area is 189 Å². The third kappa shape index (κ3) is 4.63. The number of aromatic nitrogens is 2. The van der Waals surface area contributed by atoms with Crippen molar-refractivity contribution in [2.75, 3.05) is 7.11 Å². The molecule has 0 aliphatic carbocycles. The van der Waals surface area contributed by atoms with Gasteiger partial charge in [-0.1, -0.05) is 17.7 Å². The highest BCUT2D eigenvalue weighted by molar-refractivity contribution is 6.31. The number of aryl methyl sites for hydroxylation is 1. The molecular formula is C24H20ClFN2O4. The van der Waals surface area contributed by atoms with Crippen LogP contribution in [-0.2, 0) is 6.61 Å². The summed E-state index contributed by atoms with van der Waals surface area (Å²) in [6, 6.07) is 16.1. The summed E-state index contributed by atoms with van der Waals surface area (Å²) < 4.78 is 30.1. The van der Waals surface area contributed by atoms with E-state index in [4.69, 9.17) is 25.8 Å². The fraction of sp³-hybridized carbons (Fsp3) is 0.125. The average molecular weight is 455 g/mol. The number of rotatable bonds is 7. The van der Waals surface area contributed by atoms with Gasteiger partial charge in [-0.2, -0.15) is 5.10 Å². The molecule has 32 heavy (non-hydrogen) atoms. The van der Waals surface area contributed by atoms with Crippen molar-refractivity contribution in [2.24, 2.45) is 0 Å². The number of nitrogens with one attached hydrogen (secondary N) is 1. The number of nitrogens with zero attached hydrogens (tertiary/aromatic N) is 1. The standard InChI is InChI=1S/C24H20ClFN2O4/c1-14-24(32-18-7-5-17(30-2)6-8-18)23(28-27-14)20-10-9-19(12-22(20)29)31-13-15-3-4-16(26)11-21(15)25/h3-12,29H,13H2,1-2H3,(H,27,28). The first-order valence-corrected chi connectivity index (χ1v) is 10.1. The molecule has 0 aliphatic heterocycles. The Morgan fingerprint density at radius 2 is 1.72 bits per heavy atom. The Bertz CT molecular complexity index is 1240. The second-order valence-corrected chi connectivity index (χ2v) is 7.41. The van der Waals surface area contributed by atoms with Gasteiger partial charge in [0, 0.05) is 17.2 Å². The fourth-order valence-electron chi connectivity index (χ4n) is 3.09. The van der Waals surface area contributed by atoms with Crippen LogP contribution >= 0.6 is 11.6 Å². The molecule has 0 atom stereocenters. The molecule has 0 spiro atoms. The predicted molar refractivity (Wildman–Crippen MR) is 119 cm³/mol. The van der Waals surface area contributed by atoms with E-state index >= 15 is 0 Å². The SMILES string of the molecule is COc1ccc(Oc2c(-c3ccc(OCc4ccc(F)cc4Cl)cc3O)n[nH]c2C)cc1. The summed E-state index contributed by atoms with van der Waals surface area (Å²) in [5.74, 6) is 1.80. The molecular weight excluding hydrogens is 435 g/mol. The number of hydrogen-bond acceptors (Lipinski definition) is 5. The Kier molecular flexibility index (Phi) is 6.18. The van der Waals surface area contributed by atoms with Crippen molar-refractivity contribution in [1.82, 2.24) is 10.2 Å². The van der Waals surface area contributed by atoms with E-state index in [0.717, 1.165) is 5.75 Å². The molecule has 0 unspecified atom stereocenters. The lowest BCUT2D eigenvalue weighted by Crippen LogP contribution is -1.97. The molecule has 0 saturated carbocycles. The number of aromatic amines is 1. The van der Waals surface area contributed by atoms with E-state index < -0.39 is 5.82 Å². The van der Waals surface area contributed by atoms with E-state index in [1.807, 2.05) is 6.92 Å². The third-order valence-electron chi connectivity index (χ3n) is 4.80. The second kappa shape index (κ2) is 9.20. The molecule has 0 bridgehead atoms. The summed E-state index contributed by atoms with van der Waals surface area (Å²) >= 11 is 6.03. The number of hydrogen-bond donors (Lipinski definition) is 2. The number of ether oxygens (including phenoxy) is 3. The Morgan fingerprint density at radius 1 is 1.00 bits per heavy atom. The predicted octanol–water partition coefficient (Wildman–Crippen LogP) is 6.26. The monoisotopic (exact) mass is 454 g/mol. The van der Waals surface area contributed by atoms with Crippen molar-refractivity contribution in [1.29, 1.82) is 0 Å². The van der Waals surface area contributed by atoms with Gasteiger partial charge >= 0.3 is 0 Å². The molecule has 0 fully saturated rings. The molecule has 0 amide bonds. The van der Waals surface area contributed by atoms with Crippen LogP contribution in [0.4, 0.5) is 4.39 Å². The molecule has 1 aromatic heterocycles. The summed E-state index contributed by atoms with van der Waals surface area (Å²) in [7, 11) is 1.60. The van der Waals surface area contributed by atoms with Crippen molar-refractivity contribution in [3.05, 3.63) is 82.8 Å². The highest BCUT2D eigenvalue weighted by atomic mass is 35.5. The van der Waals surface area contributed by atoms with Crippen LogP contribution in [0.5, 0.6) is 28.7 Å². The van der Waals surface area contributed by atoms with Gasteiger partial charge in [0.25, 0.3) is 0 Å². The van der Waals surface area contributed by atoms with E-state index in [9.17, 15) is 9.50 Å². The molecule has 0 radical (unpaired) electrons. The molecule has 0 aliphatic rings. The highest BCUT2D eigenvalue weighted by Gasteiger charge is 2.18. The minimum atomic E-state index is -0.414. The van der Waals surface area contributed by atoms with Gasteiger partial charge in [-0.25, -0.2) is 4.39 Å². The summed E-state index contributed by atoms with van der Waals surface area (Å²) in [4.78, 5) is 0. The van der Waals surface area contributed by atoms with Crippen LogP contribution in [0.25, 0.3) is 11.3 Å². The lowest BCUT2D eigenvalue weighted by molar-refractivity contribution is 0.304. The first-order chi connectivity index (χ1) is 15.4. The normalized spacial score (nSPS) is 10.8. The van der Waals surface area contributed by atoms with Crippen molar-refractivity contribution in [3.63, 3.8) is 0 Å². The molecule has 3 aromatic carbocycles. The van der Waals surface area contributed by atoms with Gasteiger partial charge < -0.3 is 19.3 Å². The Morgan fingerprint density at radius 3 is 2.41 bits per heavy atom. The number of benzene rings is 3. The average Bonchev–Trinajstić information content (AvgIpc) is 3.13. The number of halogens is 2. The molecule has 2 N–H and O–H groups in total. The number of methoxy groups -OCH3 is 1. The maximum Gasteiger partial charge on any atom is 0.176 e. The first-order valence-electron chi connectivity index (χ1n) is 9.71. The zero-order chi connectivity index (χ0) is 22.7. The largest absolute Gasteiger partial charge is 0.507 e. The van der Waals surface area contributed by atoms with Crippen LogP contribution in [0.2, 0.25) is 5.02 Å². The third-order valence-corrected chi connectivity index (χ3v) is 5.16. The summed E-state index contributed by atoms with van der Waals surface area (Å²) in [5.41, 5.74) is 2.28. The topological polar surface area (TPSA) is 76.6 Å². The van der Waals surface area contributed by atoms with Gasteiger partial charge in [0.05, 0.1) is 17.8 Å². The number of H-pyrrole nitrogens is 1. The van der Waals surface area contributed by atoms with Crippen molar-refractivity contribution >= 4 is 11.6 Å². The van der Waals surface area contributed by atoms with Gasteiger partial charge in [0.1, 0.15) is 41.1 Å². The van der Waals surface area contributed by atoms with E-state index in [1.54, 1.807) is 49.6 Å². The van der Waals surface area contributed by atoms with Crippen molar-refractivity contribution < 1.29 is 23.7 Å². The molecule has 164 valence electrons. The van der Waals surface area contributed by atoms with Gasteiger partial charge in [-0.3, -0.25) is 5.10 Å². The number of aromatic hydroxyl groups is 1. The van der Waals surface area contributed by atoms with Gasteiger partial charge in [0.15, 0.2) is 5.75 Å². The lowest BCUT2D eigenvalue weighted by Gasteiger charge is -2.11. The maximum atomic E-state index is 13.2. The lowest BCUT2D eigenvalue weighted by atomic mass is 10.1. The van der Waals surface area contributed by atoms with E-state index in [-0.39, 0.29) is 17.4 Å². The van der Waals surface area contributed by atoms with Crippen LogP contribution < -0.4 is 14.2 Å². The van der Waals surface area contributed by atoms with Crippen molar-refractivity contribution in [2.45, 2.75) is 13.5 Å². The molecule has 6 nitrogen and oxygen atoms in total. The van der Waals surface area contributed by atoms with Gasteiger partial charge in [-0.15, -0.1) is 0 Å². The van der Waals surface area contributed by atoms with Crippen molar-refractivity contribution in [3.8, 4) is 40.0 Å². The van der Waals surface area contributed by atoms with Gasteiger partial charge in [0.2, 0.25) is 0 Å². The maximum absolute atomic E-state index is 13.2. The zero-order valence-electron chi connectivity index (χ0n) is 17.4. The number of phenols is 1. The summed E-state index contributed by atoms with van der Waals surface area (Å²) in [6.45, 7) is 1.96. The summed E-state index contributed by atoms with van der Waals surface area (Å²) in [6.07, 6.45) is 0. The van der Waals surface area contributed by atoms with Crippen LogP contribution in [-0.4, -0.2) is 22.4 Å².